The van der Waals surface area contributed by atoms with Gasteiger partial charge in [-0.15, -0.1) is 0 Å². The minimum Gasteiger partial charge on any atom is -0.383 e. The number of nitrogens with two attached hydrogens (primary N) is 1. The standard InChI is InChI=1S/C16H18N6O3/c1-10-19-12(25-20-10)8-18-13-14(17)22(16(24)21(2)15(13)23)9-11-6-4-3-5-7-11/h3-7,18H,8-9,17H2,1-2H3. The van der Waals surface area contributed by atoms with Crippen molar-refractivity contribution in [1.82, 2.24) is 19.3 Å². The fourth-order valence-electron chi connectivity index (χ4n) is 2.44. The van der Waals surface area contributed by atoms with Crippen LogP contribution in [0.2, 0.25) is 0 Å². The van der Waals surface area contributed by atoms with Gasteiger partial charge in [0.15, 0.2) is 5.82 Å². The topological polar surface area (TPSA) is 121 Å². The molecule has 0 radical (unpaired) electrons. The molecule has 0 aliphatic heterocycles. The van der Waals surface area contributed by atoms with Gasteiger partial charge < -0.3 is 15.6 Å². The zero-order valence-corrected chi connectivity index (χ0v) is 13.9. The van der Waals surface area contributed by atoms with Crippen LogP contribution in [0.25, 0.3) is 0 Å². The first-order chi connectivity index (χ1) is 12.0. The minimum atomic E-state index is -0.511. The summed E-state index contributed by atoms with van der Waals surface area (Å²) in [7, 11) is 1.41. The van der Waals surface area contributed by atoms with Crippen molar-refractivity contribution in [3.63, 3.8) is 0 Å². The van der Waals surface area contributed by atoms with Gasteiger partial charge in [-0.25, -0.2) is 4.79 Å². The molecule has 0 bridgehead atoms. The third-order valence-corrected chi connectivity index (χ3v) is 3.75. The summed E-state index contributed by atoms with van der Waals surface area (Å²) in [5.74, 6) is 0.875. The maximum Gasteiger partial charge on any atom is 0.332 e. The molecule has 0 spiro atoms. The molecule has 130 valence electrons. The number of hydrogen-bond acceptors (Lipinski definition) is 7. The number of nitrogens with zero attached hydrogens (tertiary/aromatic N) is 4. The lowest BCUT2D eigenvalue weighted by Gasteiger charge is -2.15. The van der Waals surface area contributed by atoms with Crippen LogP contribution in [-0.2, 0) is 20.1 Å². The Kier molecular flexibility index (Phi) is 4.38. The molecule has 1 aromatic carbocycles. The number of nitrogen functional groups attached to an aromatic ring is 1. The second-order valence-electron chi connectivity index (χ2n) is 5.57. The number of anilines is 2. The molecule has 3 aromatic rings. The second kappa shape index (κ2) is 6.63. The maximum absolute atomic E-state index is 12.4. The average Bonchev–Trinajstić information content (AvgIpc) is 3.03. The number of nitrogens with one attached hydrogen (secondary N) is 1. The fraction of sp³-hybridized carbons (Fsp3) is 0.250. The Hall–Kier alpha value is -3.36. The quantitative estimate of drug-likeness (QED) is 0.692. The predicted molar refractivity (Wildman–Crippen MR) is 92.3 cm³/mol. The summed E-state index contributed by atoms with van der Waals surface area (Å²) in [6.45, 7) is 2.08. The highest BCUT2D eigenvalue weighted by Gasteiger charge is 2.16. The summed E-state index contributed by atoms with van der Waals surface area (Å²) in [4.78, 5) is 28.9. The van der Waals surface area contributed by atoms with Crippen molar-refractivity contribution in [3.05, 3.63) is 68.4 Å². The summed E-state index contributed by atoms with van der Waals surface area (Å²) >= 11 is 0. The van der Waals surface area contributed by atoms with E-state index >= 15 is 0 Å². The Balaban J connectivity index is 1.97. The van der Waals surface area contributed by atoms with E-state index in [0.717, 1.165) is 10.1 Å². The lowest BCUT2D eigenvalue weighted by atomic mass is 10.2. The number of hydrogen-bond donors (Lipinski definition) is 2. The van der Waals surface area contributed by atoms with Crippen LogP contribution >= 0.6 is 0 Å². The molecule has 0 saturated heterocycles. The average molecular weight is 342 g/mol. The van der Waals surface area contributed by atoms with Crippen molar-refractivity contribution in [1.29, 1.82) is 0 Å². The van der Waals surface area contributed by atoms with Crippen molar-refractivity contribution in [2.75, 3.05) is 11.1 Å². The summed E-state index contributed by atoms with van der Waals surface area (Å²) < 4.78 is 7.36. The monoisotopic (exact) mass is 342 g/mol. The SMILES string of the molecule is Cc1noc(CNc2c(N)n(Cc3ccccc3)c(=O)n(C)c2=O)n1. The minimum absolute atomic E-state index is 0.0631. The molecule has 0 saturated carbocycles. The van der Waals surface area contributed by atoms with Gasteiger partial charge in [-0.2, -0.15) is 4.98 Å². The maximum atomic E-state index is 12.4. The zero-order chi connectivity index (χ0) is 18.0. The molecule has 25 heavy (non-hydrogen) atoms. The lowest BCUT2D eigenvalue weighted by Crippen LogP contribution is -2.41. The molecular formula is C16H18N6O3. The Morgan fingerprint density at radius 3 is 2.60 bits per heavy atom. The zero-order valence-electron chi connectivity index (χ0n) is 13.9. The van der Waals surface area contributed by atoms with Crippen molar-refractivity contribution in [2.45, 2.75) is 20.0 Å². The number of aryl methyl sites for hydroxylation is 1. The van der Waals surface area contributed by atoms with Gasteiger partial charge in [0.25, 0.3) is 5.56 Å². The lowest BCUT2D eigenvalue weighted by molar-refractivity contribution is 0.379. The highest BCUT2D eigenvalue weighted by molar-refractivity contribution is 5.60. The first kappa shape index (κ1) is 16.5. The van der Waals surface area contributed by atoms with Gasteiger partial charge in [0.2, 0.25) is 5.89 Å². The van der Waals surface area contributed by atoms with Crippen LogP contribution < -0.4 is 22.3 Å². The van der Waals surface area contributed by atoms with E-state index < -0.39 is 11.2 Å². The van der Waals surface area contributed by atoms with E-state index in [9.17, 15) is 9.59 Å². The number of aromatic nitrogens is 4. The van der Waals surface area contributed by atoms with Crippen LogP contribution in [0.1, 0.15) is 17.3 Å². The molecule has 9 heteroatoms. The Morgan fingerprint density at radius 2 is 1.96 bits per heavy atom. The van der Waals surface area contributed by atoms with Crippen LogP contribution in [0.3, 0.4) is 0 Å². The summed E-state index contributed by atoms with van der Waals surface area (Å²) in [5.41, 5.74) is 6.12. The van der Waals surface area contributed by atoms with Crippen LogP contribution in [0, 0.1) is 6.92 Å². The highest BCUT2D eigenvalue weighted by Crippen LogP contribution is 2.14. The van der Waals surface area contributed by atoms with E-state index in [1.165, 1.54) is 11.6 Å². The van der Waals surface area contributed by atoms with Crippen molar-refractivity contribution >= 4 is 11.5 Å². The normalized spacial score (nSPS) is 10.8. The van der Waals surface area contributed by atoms with E-state index in [-0.39, 0.29) is 24.6 Å². The molecule has 0 amide bonds. The van der Waals surface area contributed by atoms with Gasteiger partial charge in [-0.3, -0.25) is 13.9 Å². The Bertz CT molecular complexity index is 1000. The van der Waals surface area contributed by atoms with Crippen LogP contribution in [-0.4, -0.2) is 19.3 Å². The van der Waals surface area contributed by atoms with E-state index in [1.54, 1.807) is 6.92 Å². The van der Waals surface area contributed by atoms with Crippen LogP contribution in [0.15, 0.2) is 44.4 Å². The van der Waals surface area contributed by atoms with Gasteiger partial charge in [0, 0.05) is 7.05 Å². The van der Waals surface area contributed by atoms with Gasteiger partial charge in [0.05, 0.1) is 13.1 Å². The van der Waals surface area contributed by atoms with Crippen LogP contribution in [0.4, 0.5) is 11.5 Å². The van der Waals surface area contributed by atoms with E-state index in [1.807, 2.05) is 30.3 Å². The first-order valence-electron chi connectivity index (χ1n) is 7.63. The van der Waals surface area contributed by atoms with Gasteiger partial charge in [-0.1, -0.05) is 35.5 Å². The van der Waals surface area contributed by atoms with Gasteiger partial charge in [-0.05, 0) is 12.5 Å². The molecule has 0 fully saturated rings. The smallest absolute Gasteiger partial charge is 0.332 e. The molecule has 2 aromatic heterocycles. The largest absolute Gasteiger partial charge is 0.383 e. The van der Waals surface area contributed by atoms with Gasteiger partial charge in [0.1, 0.15) is 11.5 Å². The fourth-order valence-corrected chi connectivity index (χ4v) is 2.44. The molecule has 0 atom stereocenters. The molecule has 9 nitrogen and oxygen atoms in total. The Labute approximate surface area is 142 Å². The summed E-state index contributed by atoms with van der Waals surface area (Å²) in [5, 5.41) is 6.57. The van der Waals surface area contributed by atoms with E-state index in [0.29, 0.717) is 11.7 Å². The highest BCUT2D eigenvalue weighted by atomic mass is 16.5. The third-order valence-electron chi connectivity index (χ3n) is 3.75. The molecule has 0 unspecified atom stereocenters. The Morgan fingerprint density at radius 1 is 1.24 bits per heavy atom. The predicted octanol–water partition coefficient (Wildman–Crippen LogP) is 0.481. The molecule has 0 aliphatic carbocycles. The molecular weight excluding hydrogens is 324 g/mol. The molecule has 0 aliphatic rings. The molecule has 3 N–H and O–H groups in total. The third kappa shape index (κ3) is 3.30. The first-order valence-corrected chi connectivity index (χ1v) is 7.63. The van der Waals surface area contributed by atoms with Crippen molar-refractivity contribution in [3.8, 4) is 0 Å². The molecule has 2 heterocycles. The molecule has 3 rings (SSSR count). The number of benzene rings is 1. The summed E-state index contributed by atoms with van der Waals surface area (Å²) in [6, 6.07) is 9.39. The van der Waals surface area contributed by atoms with Crippen molar-refractivity contribution < 1.29 is 4.52 Å². The van der Waals surface area contributed by atoms with Crippen LogP contribution in [0.5, 0.6) is 0 Å². The summed E-state index contributed by atoms with van der Waals surface area (Å²) in [6.07, 6.45) is 0. The number of rotatable bonds is 5. The second-order valence-corrected chi connectivity index (χ2v) is 5.57. The van der Waals surface area contributed by atoms with E-state index in [4.69, 9.17) is 10.3 Å². The van der Waals surface area contributed by atoms with E-state index in [2.05, 4.69) is 15.5 Å². The van der Waals surface area contributed by atoms with Gasteiger partial charge >= 0.3 is 5.69 Å². The van der Waals surface area contributed by atoms with Crippen molar-refractivity contribution in [2.24, 2.45) is 7.05 Å².